The van der Waals surface area contributed by atoms with Crippen LogP contribution in [0.4, 0.5) is 0 Å². The molecule has 0 aliphatic carbocycles. The second-order valence-corrected chi connectivity index (χ2v) is 7.78. The Morgan fingerprint density at radius 2 is 1.86 bits per heavy atom. The lowest BCUT2D eigenvalue weighted by atomic mass is 9.83. The summed E-state index contributed by atoms with van der Waals surface area (Å²) in [5.74, 6) is -0.628. The van der Waals surface area contributed by atoms with E-state index in [1.54, 1.807) is 64.4 Å². The topological polar surface area (TPSA) is 79.7 Å². The molecule has 1 atom stereocenters. The number of amides is 1. The summed E-state index contributed by atoms with van der Waals surface area (Å²) >= 11 is 0. The van der Waals surface area contributed by atoms with Gasteiger partial charge in [0.05, 0.1) is 18.4 Å². The molecule has 1 aliphatic heterocycles. The van der Waals surface area contributed by atoms with Crippen LogP contribution in [0.15, 0.2) is 60.0 Å². The average molecular weight is 380 g/mol. The molecule has 0 saturated carbocycles. The number of ether oxygens (including phenoxy) is 1. The second kappa shape index (κ2) is 7.46. The van der Waals surface area contributed by atoms with E-state index in [1.807, 2.05) is 12.1 Å². The number of carbonyl (C=O) groups is 2. The van der Waals surface area contributed by atoms with Gasteiger partial charge in [-0.25, -0.2) is 0 Å². The molecule has 0 fully saturated rings. The van der Waals surface area contributed by atoms with Crippen molar-refractivity contribution in [1.29, 1.82) is 0 Å². The molecule has 2 aromatic rings. The van der Waals surface area contributed by atoms with Gasteiger partial charge in [-0.3, -0.25) is 14.6 Å². The summed E-state index contributed by atoms with van der Waals surface area (Å²) in [5.41, 5.74) is 0.755. The smallest absolute Gasteiger partial charge is 0.290 e. The number of ketones is 1. The van der Waals surface area contributed by atoms with Crippen LogP contribution in [-0.4, -0.2) is 33.8 Å². The van der Waals surface area contributed by atoms with E-state index < -0.39 is 23.1 Å². The summed E-state index contributed by atoms with van der Waals surface area (Å²) < 4.78 is 5.17. The van der Waals surface area contributed by atoms with E-state index in [9.17, 15) is 14.7 Å². The predicted octanol–water partition coefficient (Wildman–Crippen LogP) is 3.60. The van der Waals surface area contributed by atoms with Crippen LogP contribution in [0.2, 0.25) is 0 Å². The highest BCUT2D eigenvalue weighted by atomic mass is 16.5. The first kappa shape index (κ1) is 19.6. The maximum absolute atomic E-state index is 13.0. The molecule has 3 rings (SSSR count). The minimum absolute atomic E-state index is 0.102. The SMILES string of the molecule is COc1ccc(CN2C(=O)C(O)=C(C(=O)C(C)(C)C)C2c2ccccn2)cc1. The van der Waals surface area contributed by atoms with E-state index in [1.165, 1.54) is 4.90 Å². The number of aliphatic hydroxyl groups is 1. The lowest BCUT2D eigenvalue weighted by Gasteiger charge is -2.28. The Morgan fingerprint density at radius 3 is 2.39 bits per heavy atom. The van der Waals surface area contributed by atoms with E-state index in [0.29, 0.717) is 11.4 Å². The first-order valence-corrected chi connectivity index (χ1v) is 9.07. The van der Waals surface area contributed by atoms with Gasteiger partial charge >= 0.3 is 0 Å². The highest BCUT2D eigenvalue weighted by molar-refractivity contribution is 6.10. The van der Waals surface area contributed by atoms with Crippen molar-refractivity contribution < 1.29 is 19.4 Å². The summed E-state index contributed by atoms with van der Waals surface area (Å²) in [5, 5.41) is 10.6. The van der Waals surface area contributed by atoms with Gasteiger partial charge in [-0.1, -0.05) is 39.0 Å². The summed E-state index contributed by atoms with van der Waals surface area (Å²) in [7, 11) is 1.59. The molecule has 1 unspecified atom stereocenters. The van der Waals surface area contributed by atoms with Crippen molar-refractivity contribution in [3.8, 4) is 5.75 Å². The molecular formula is C22H24N2O4. The van der Waals surface area contributed by atoms with Crippen LogP contribution in [0.5, 0.6) is 5.75 Å². The van der Waals surface area contributed by atoms with E-state index in [-0.39, 0.29) is 17.9 Å². The number of pyridine rings is 1. The van der Waals surface area contributed by atoms with Crippen molar-refractivity contribution in [3.05, 3.63) is 71.3 Å². The summed E-state index contributed by atoms with van der Waals surface area (Å²) in [6.07, 6.45) is 1.61. The fraction of sp³-hybridized carbons (Fsp3) is 0.318. The first-order chi connectivity index (χ1) is 13.2. The Bertz CT molecular complexity index is 912. The van der Waals surface area contributed by atoms with Crippen LogP contribution in [0.25, 0.3) is 0 Å². The van der Waals surface area contributed by atoms with Gasteiger partial charge in [0.1, 0.15) is 11.8 Å². The zero-order chi connectivity index (χ0) is 20.5. The molecule has 0 radical (unpaired) electrons. The first-order valence-electron chi connectivity index (χ1n) is 9.07. The predicted molar refractivity (Wildman–Crippen MR) is 105 cm³/mol. The molecule has 1 aliphatic rings. The molecule has 2 heterocycles. The van der Waals surface area contributed by atoms with Crippen molar-refractivity contribution in [2.24, 2.45) is 5.41 Å². The fourth-order valence-corrected chi connectivity index (χ4v) is 3.23. The number of nitrogens with zero attached hydrogens (tertiary/aromatic N) is 2. The van der Waals surface area contributed by atoms with Crippen LogP contribution in [0, 0.1) is 5.41 Å². The van der Waals surface area contributed by atoms with E-state index >= 15 is 0 Å². The van der Waals surface area contributed by atoms with Crippen LogP contribution < -0.4 is 4.74 Å². The molecule has 1 amide bonds. The molecule has 28 heavy (non-hydrogen) atoms. The summed E-state index contributed by atoms with van der Waals surface area (Å²) in [6, 6.07) is 11.9. The number of hydrogen-bond acceptors (Lipinski definition) is 5. The van der Waals surface area contributed by atoms with Crippen molar-refractivity contribution >= 4 is 11.7 Å². The molecule has 1 aromatic heterocycles. The van der Waals surface area contributed by atoms with Crippen LogP contribution in [0.3, 0.4) is 0 Å². The van der Waals surface area contributed by atoms with Crippen LogP contribution in [0.1, 0.15) is 38.1 Å². The quantitative estimate of drug-likeness (QED) is 0.857. The van der Waals surface area contributed by atoms with Crippen molar-refractivity contribution in [1.82, 2.24) is 9.88 Å². The number of hydrogen-bond donors (Lipinski definition) is 1. The molecule has 6 nitrogen and oxygen atoms in total. The number of methoxy groups -OCH3 is 1. The van der Waals surface area contributed by atoms with Gasteiger partial charge in [-0.05, 0) is 29.8 Å². The van der Waals surface area contributed by atoms with E-state index in [4.69, 9.17) is 4.74 Å². The number of rotatable bonds is 5. The highest BCUT2D eigenvalue weighted by Gasteiger charge is 2.46. The lowest BCUT2D eigenvalue weighted by Crippen LogP contribution is -2.32. The van der Waals surface area contributed by atoms with Gasteiger partial charge in [0.25, 0.3) is 5.91 Å². The molecule has 0 bridgehead atoms. The number of aromatic nitrogens is 1. The zero-order valence-corrected chi connectivity index (χ0v) is 16.5. The van der Waals surface area contributed by atoms with Gasteiger partial charge in [-0.2, -0.15) is 0 Å². The molecule has 0 saturated heterocycles. The number of aliphatic hydroxyl groups excluding tert-OH is 1. The Morgan fingerprint density at radius 1 is 1.18 bits per heavy atom. The van der Waals surface area contributed by atoms with Gasteiger partial charge < -0.3 is 14.7 Å². The van der Waals surface area contributed by atoms with Crippen LogP contribution >= 0.6 is 0 Å². The fourth-order valence-electron chi connectivity index (χ4n) is 3.23. The number of Topliss-reactive ketones (excluding diaryl/α,β-unsaturated/α-hetero) is 1. The van der Waals surface area contributed by atoms with Crippen molar-refractivity contribution in [3.63, 3.8) is 0 Å². The van der Waals surface area contributed by atoms with E-state index in [2.05, 4.69) is 4.98 Å². The third-order valence-electron chi connectivity index (χ3n) is 4.71. The largest absolute Gasteiger partial charge is 0.503 e. The van der Waals surface area contributed by atoms with Crippen molar-refractivity contribution in [2.45, 2.75) is 33.4 Å². The maximum atomic E-state index is 13.0. The van der Waals surface area contributed by atoms with Gasteiger partial charge in [0, 0.05) is 18.2 Å². The van der Waals surface area contributed by atoms with Gasteiger partial charge in [-0.15, -0.1) is 0 Å². The Hall–Kier alpha value is -3.15. The van der Waals surface area contributed by atoms with Gasteiger partial charge in [0.15, 0.2) is 11.5 Å². The normalized spacial score (nSPS) is 17.2. The minimum Gasteiger partial charge on any atom is -0.503 e. The minimum atomic E-state index is -0.743. The number of carbonyl (C=O) groups excluding carboxylic acids is 2. The Balaban J connectivity index is 2.04. The summed E-state index contributed by atoms with van der Waals surface area (Å²) in [4.78, 5) is 31.8. The van der Waals surface area contributed by atoms with Gasteiger partial charge in [0.2, 0.25) is 0 Å². The average Bonchev–Trinajstić information content (AvgIpc) is 2.92. The third-order valence-corrected chi connectivity index (χ3v) is 4.71. The number of benzene rings is 1. The molecule has 146 valence electrons. The maximum Gasteiger partial charge on any atom is 0.290 e. The standard InChI is InChI=1S/C22H24N2O4/c1-22(2,3)20(26)17-18(16-7-5-6-12-23-16)24(21(27)19(17)25)13-14-8-10-15(28-4)11-9-14/h5-12,18,25H,13H2,1-4H3. The second-order valence-electron chi connectivity index (χ2n) is 7.78. The molecule has 1 N–H and O–H groups in total. The Kier molecular flexibility index (Phi) is 5.23. The molecular weight excluding hydrogens is 356 g/mol. The Labute approximate surface area is 164 Å². The molecule has 0 spiro atoms. The monoisotopic (exact) mass is 380 g/mol. The van der Waals surface area contributed by atoms with Crippen molar-refractivity contribution in [2.75, 3.05) is 7.11 Å². The molecule has 1 aromatic carbocycles. The highest BCUT2D eigenvalue weighted by Crippen LogP contribution is 2.40. The zero-order valence-electron chi connectivity index (χ0n) is 16.5. The summed E-state index contributed by atoms with van der Waals surface area (Å²) in [6.45, 7) is 5.53. The van der Waals surface area contributed by atoms with E-state index in [0.717, 1.165) is 5.56 Å². The molecule has 6 heteroatoms. The van der Waals surface area contributed by atoms with Crippen LogP contribution in [-0.2, 0) is 16.1 Å². The lowest BCUT2D eigenvalue weighted by molar-refractivity contribution is -0.130. The third kappa shape index (κ3) is 3.63.